The van der Waals surface area contributed by atoms with E-state index in [-0.39, 0.29) is 11.9 Å². The van der Waals surface area contributed by atoms with Gasteiger partial charge in [0.2, 0.25) is 5.91 Å². The second-order valence-electron chi connectivity index (χ2n) is 7.35. The minimum atomic E-state index is -0.0191. The highest BCUT2D eigenvalue weighted by Crippen LogP contribution is 2.39. The lowest BCUT2D eigenvalue weighted by Crippen LogP contribution is -2.28. The summed E-state index contributed by atoms with van der Waals surface area (Å²) in [5.74, 6) is 0.432. The largest absolute Gasteiger partial charge is 0.349 e. The van der Waals surface area contributed by atoms with Gasteiger partial charge >= 0.3 is 0 Å². The number of carbonyl (C=O) groups is 1. The van der Waals surface area contributed by atoms with Crippen LogP contribution < -0.4 is 5.32 Å². The molecular weight excluding hydrogens is 354 g/mol. The molecule has 4 rings (SSSR count). The van der Waals surface area contributed by atoms with Crippen molar-refractivity contribution in [2.75, 3.05) is 5.75 Å². The van der Waals surface area contributed by atoms with Crippen molar-refractivity contribution in [2.24, 2.45) is 0 Å². The Morgan fingerprint density at radius 2 is 1.96 bits per heavy atom. The number of aromatic nitrogens is 2. The van der Waals surface area contributed by atoms with E-state index >= 15 is 0 Å². The first kappa shape index (κ1) is 18.1. The first-order chi connectivity index (χ1) is 13.0. The van der Waals surface area contributed by atoms with Gasteiger partial charge in [-0.05, 0) is 56.0 Å². The maximum Gasteiger partial charge on any atom is 0.230 e. The predicted octanol–water partition coefficient (Wildman–Crippen LogP) is 4.96. The number of nitrogens with one attached hydrogen (secondary N) is 1. The van der Waals surface area contributed by atoms with Crippen molar-refractivity contribution in [2.45, 2.75) is 50.9 Å². The van der Waals surface area contributed by atoms with Crippen LogP contribution in [0, 0.1) is 13.8 Å². The van der Waals surface area contributed by atoms with Crippen LogP contribution >= 0.6 is 11.8 Å². The van der Waals surface area contributed by atoms with Crippen LogP contribution in [-0.2, 0) is 4.79 Å². The van der Waals surface area contributed by atoms with Crippen molar-refractivity contribution in [1.82, 2.24) is 14.9 Å². The maximum absolute atomic E-state index is 12.5. The third-order valence-corrected chi connectivity index (χ3v) is 6.20. The molecule has 1 unspecified atom stereocenters. The summed E-state index contributed by atoms with van der Waals surface area (Å²) in [7, 11) is 0. The van der Waals surface area contributed by atoms with Gasteiger partial charge in [0.25, 0.3) is 0 Å². The summed E-state index contributed by atoms with van der Waals surface area (Å²) in [6.45, 7) is 6.19. The van der Waals surface area contributed by atoms with Gasteiger partial charge in [-0.15, -0.1) is 0 Å². The van der Waals surface area contributed by atoms with E-state index in [2.05, 4.69) is 52.1 Å². The third kappa shape index (κ3) is 3.88. The lowest BCUT2D eigenvalue weighted by Gasteiger charge is -2.15. The monoisotopic (exact) mass is 379 g/mol. The summed E-state index contributed by atoms with van der Waals surface area (Å²) in [5, 5.41) is 6.51. The zero-order chi connectivity index (χ0) is 19.0. The molecule has 1 aromatic heterocycles. The fraction of sp³-hybridized carbons (Fsp3) is 0.364. The number of fused-ring (bicyclic) bond motifs is 1. The molecule has 1 atom stereocenters. The molecule has 1 saturated carbocycles. The van der Waals surface area contributed by atoms with E-state index in [1.165, 1.54) is 41.1 Å². The molecule has 0 radical (unpaired) electrons. The van der Waals surface area contributed by atoms with Crippen LogP contribution in [0.15, 0.2) is 47.6 Å². The number of hydrogen-bond acceptors (Lipinski definition) is 3. The molecule has 4 nitrogen and oxygen atoms in total. The molecule has 0 spiro atoms. The molecule has 0 bridgehead atoms. The van der Waals surface area contributed by atoms with Crippen molar-refractivity contribution in [3.05, 3.63) is 59.4 Å². The normalized spacial score (nSPS) is 15.1. The first-order valence-electron chi connectivity index (χ1n) is 9.49. The second-order valence-corrected chi connectivity index (χ2v) is 8.29. The Morgan fingerprint density at radius 1 is 1.22 bits per heavy atom. The van der Waals surface area contributed by atoms with Crippen molar-refractivity contribution in [3.63, 3.8) is 0 Å². The van der Waals surface area contributed by atoms with Crippen LogP contribution in [0.5, 0.6) is 0 Å². The zero-order valence-corrected chi connectivity index (χ0v) is 16.8. The van der Waals surface area contributed by atoms with Crippen LogP contribution in [-0.4, -0.2) is 21.2 Å². The molecule has 0 saturated heterocycles. The number of thioether (sulfide) groups is 1. The molecule has 1 amide bonds. The van der Waals surface area contributed by atoms with E-state index in [9.17, 15) is 4.79 Å². The van der Waals surface area contributed by atoms with Crippen LogP contribution in [0.25, 0.3) is 10.8 Å². The Kier molecular flexibility index (Phi) is 4.96. The Hall–Kier alpha value is -2.27. The number of aryl methyl sites for hydroxylation is 1. The molecule has 1 N–H and O–H groups in total. The van der Waals surface area contributed by atoms with Crippen molar-refractivity contribution in [1.29, 1.82) is 0 Å². The van der Waals surface area contributed by atoms with Gasteiger partial charge in [0.15, 0.2) is 5.16 Å². The SMILES string of the molecule is Cc1nc(SCC(=O)NC(C)c2ccc3ccccc3c2)n(C2CC2)c1C. The molecule has 140 valence electrons. The van der Waals surface area contributed by atoms with E-state index in [1.54, 1.807) is 0 Å². The van der Waals surface area contributed by atoms with Gasteiger partial charge in [0.1, 0.15) is 0 Å². The molecule has 2 aromatic carbocycles. The average molecular weight is 380 g/mol. The average Bonchev–Trinajstić information content (AvgIpc) is 3.46. The summed E-state index contributed by atoms with van der Waals surface area (Å²) in [6.07, 6.45) is 2.44. The van der Waals surface area contributed by atoms with E-state index in [4.69, 9.17) is 0 Å². The van der Waals surface area contributed by atoms with Crippen LogP contribution in [0.1, 0.15) is 48.8 Å². The van der Waals surface area contributed by atoms with Gasteiger partial charge in [-0.25, -0.2) is 4.98 Å². The number of nitrogens with zero attached hydrogens (tertiary/aromatic N) is 2. The summed E-state index contributed by atoms with van der Waals surface area (Å²) in [5.41, 5.74) is 3.41. The summed E-state index contributed by atoms with van der Waals surface area (Å²) in [4.78, 5) is 17.1. The molecule has 27 heavy (non-hydrogen) atoms. The Bertz CT molecular complexity index is 990. The minimum absolute atomic E-state index is 0.0191. The number of hydrogen-bond donors (Lipinski definition) is 1. The summed E-state index contributed by atoms with van der Waals surface area (Å²) in [6, 6.07) is 15.2. The number of rotatable bonds is 6. The first-order valence-corrected chi connectivity index (χ1v) is 10.5. The summed E-state index contributed by atoms with van der Waals surface area (Å²) < 4.78 is 2.31. The van der Waals surface area contributed by atoms with Crippen LogP contribution in [0.4, 0.5) is 0 Å². The van der Waals surface area contributed by atoms with Gasteiger partial charge < -0.3 is 9.88 Å². The van der Waals surface area contributed by atoms with Gasteiger partial charge in [0, 0.05) is 11.7 Å². The van der Waals surface area contributed by atoms with E-state index in [0.717, 1.165) is 16.4 Å². The van der Waals surface area contributed by atoms with Crippen molar-refractivity contribution < 1.29 is 4.79 Å². The number of carbonyl (C=O) groups excluding carboxylic acids is 1. The molecule has 1 aliphatic carbocycles. The molecule has 3 aromatic rings. The Morgan fingerprint density at radius 3 is 2.70 bits per heavy atom. The van der Waals surface area contributed by atoms with Crippen molar-refractivity contribution >= 4 is 28.4 Å². The molecule has 5 heteroatoms. The van der Waals surface area contributed by atoms with Crippen LogP contribution in [0.3, 0.4) is 0 Å². The van der Waals surface area contributed by atoms with Crippen LogP contribution in [0.2, 0.25) is 0 Å². The predicted molar refractivity (Wildman–Crippen MR) is 111 cm³/mol. The van der Waals surface area contributed by atoms with E-state index < -0.39 is 0 Å². The smallest absolute Gasteiger partial charge is 0.230 e. The minimum Gasteiger partial charge on any atom is -0.349 e. The lowest BCUT2D eigenvalue weighted by molar-refractivity contribution is -0.119. The number of amides is 1. The van der Waals surface area contributed by atoms with Gasteiger partial charge in [-0.3, -0.25) is 4.79 Å². The summed E-state index contributed by atoms with van der Waals surface area (Å²) >= 11 is 1.54. The highest BCUT2D eigenvalue weighted by Gasteiger charge is 2.28. The Balaban J connectivity index is 1.39. The van der Waals surface area contributed by atoms with Crippen molar-refractivity contribution in [3.8, 4) is 0 Å². The molecular formula is C22H25N3OS. The second kappa shape index (κ2) is 7.39. The standard InChI is InChI=1S/C22H25N3OS/c1-14-16(3)25(20-10-11-20)22(24-14)27-13-21(26)23-15(2)18-9-8-17-6-4-5-7-19(17)12-18/h4-9,12,15,20H,10-11,13H2,1-3H3,(H,23,26). The molecule has 1 heterocycles. The van der Waals surface area contributed by atoms with Gasteiger partial charge in [-0.2, -0.15) is 0 Å². The fourth-order valence-corrected chi connectivity index (χ4v) is 4.40. The van der Waals surface area contributed by atoms with E-state index in [1.807, 2.05) is 26.0 Å². The highest BCUT2D eigenvalue weighted by molar-refractivity contribution is 7.99. The zero-order valence-electron chi connectivity index (χ0n) is 16.0. The number of benzene rings is 2. The molecule has 0 aliphatic heterocycles. The highest BCUT2D eigenvalue weighted by atomic mass is 32.2. The van der Waals surface area contributed by atoms with Gasteiger partial charge in [-0.1, -0.05) is 48.2 Å². The quantitative estimate of drug-likeness (QED) is 0.616. The molecule has 1 fully saturated rings. The Labute approximate surface area is 164 Å². The van der Waals surface area contributed by atoms with Gasteiger partial charge in [0.05, 0.1) is 17.5 Å². The maximum atomic E-state index is 12.5. The number of imidazole rings is 1. The fourth-order valence-electron chi connectivity index (χ4n) is 3.43. The molecule has 1 aliphatic rings. The topological polar surface area (TPSA) is 46.9 Å². The lowest BCUT2D eigenvalue weighted by atomic mass is 10.0. The third-order valence-electron chi connectivity index (χ3n) is 5.25. The van der Waals surface area contributed by atoms with E-state index in [0.29, 0.717) is 11.8 Å².